The number of hydrogen-bond donors (Lipinski definition) is 1. The van der Waals surface area contributed by atoms with Crippen LogP contribution in [0, 0.1) is 5.92 Å². The van der Waals surface area contributed by atoms with Crippen LogP contribution in [0.4, 0.5) is 0 Å². The third-order valence-corrected chi connectivity index (χ3v) is 8.04. The molecule has 0 saturated heterocycles. The Kier molecular flexibility index (Phi) is 8.07. The molecule has 0 bridgehead atoms. The third-order valence-electron chi connectivity index (χ3n) is 8.04. The molecule has 1 unspecified atom stereocenters. The van der Waals surface area contributed by atoms with Gasteiger partial charge in [0, 0.05) is 5.92 Å². The van der Waals surface area contributed by atoms with Crippen LogP contribution in [0.15, 0.2) is 157 Å². The van der Waals surface area contributed by atoms with Crippen molar-refractivity contribution in [2.75, 3.05) is 0 Å². The van der Waals surface area contributed by atoms with Crippen molar-refractivity contribution >= 4 is 11.5 Å². The van der Waals surface area contributed by atoms with Crippen molar-refractivity contribution in [3.05, 3.63) is 185 Å². The Balaban J connectivity index is 2.02. The van der Waals surface area contributed by atoms with Crippen LogP contribution in [0.3, 0.4) is 0 Å². The highest BCUT2D eigenvalue weighted by Crippen LogP contribution is 2.55. The summed E-state index contributed by atoms with van der Waals surface area (Å²) in [5, 5.41) is 10.4. The summed E-state index contributed by atoms with van der Waals surface area (Å²) in [6, 6.07) is 52.3. The molecule has 198 valence electrons. The summed E-state index contributed by atoms with van der Waals surface area (Å²) in [6.07, 6.45) is 0. The van der Waals surface area contributed by atoms with Gasteiger partial charge in [0.05, 0.1) is 11.3 Å². The first-order valence-corrected chi connectivity index (χ1v) is 13.8. The average Bonchev–Trinajstić information content (AvgIpc) is 3.02. The molecular formula is C38H34O2. The van der Waals surface area contributed by atoms with Crippen LogP contribution in [0.1, 0.15) is 47.6 Å². The maximum Gasteiger partial charge on any atom is 0.310 e. The summed E-state index contributed by atoms with van der Waals surface area (Å²) in [5.41, 5.74) is 6.60. The molecule has 0 radical (unpaired) electrons. The Bertz CT molecular complexity index is 1480. The summed E-state index contributed by atoms with van der Waals surface area (Å²) >= 11 is 0. The molecule has 0 fully saturated rings. The van der Waals surface area contributed by atoms with Crippen molar-refractivity contribution in [1.29, 1.82) is 0 Å². The Morgan fingerprint density at radius 2 is 0.925 bits per heavy atom. The van der Waals surface area contributed by atoms with Gasteiger partial charge in [0.15, 0.2) is 0 Å². The molecular weight excluding hydrogens is 488 g/mol. The number of benzene rings is 5. The molecule has 5 rings (SSSR count). The van der Waals surface area contributed by atoms with Crippen molar-refractivity contribution in [3.63, 3.8) is 0 Å². The standard InChI is InChI=1S/C38H34O2/c1-28(37(39)40)35(30-18-8-3-9-19-30)29(2)38(33-24-14-6-15-25-33,34-26-16-7-17-27-34)36(31-20-10-4-11-21-31)32-22-12-5-13-23-32/h3-28,36H,1-2H3,(H,39,40). The highest BCUT2D eigenvalue weighted by molar-refractivity contribution is 5.89. The van der Waals surface area contributed by atoms with E-state index in [1.54, 1.807) is 6.92 Å². The molecule has 2 nitrogen and oxygen atoms in total. The quantitative estimate of drug-likeness (QED) is 0.210. The van der Waals surface area contributed by atoms with Gasteiger partial charge >= 0.3 is 5.97 Å². The minimum absolute atomic E-state index is 0.139. The number of hydrogen-bond acceptors (Lipinski definition) is 1. The molecule has 0 saturated carbocycles. The zero-order valence-corrected chi connectivity index (χ0v) is 22.9. The maximum absolute atomic E-state index is 12.7. The van der Waals surface area contributed by atoms with Crippen LogP contribution in [-0.2, 0) is 10.2 Å². The van der Waals surface area contributed by atoms with Crippen molar-refractivity contribution in [2.45, 2.75) is 25.2 Å². The number of carboxylic acids is 1. The molecule has 0 aliphatic heterocycles. The summed E-state index contributed by atoms with van der Waals surface area (Å²) in [7, 11) is 0. The minimum atomic E-state index is -0.843. The number of carbonyl (C=O) groups is 1. The summed E-state index contributed by atoms with van der Waals surface area (Å²) < 4.78 is 0. The lowest BCUT2D eigenvalue weighted by atomic mass is 9.56. The second-order valence-corrected chi connectivity index (χ2v) is 10.3. The Morgan fingerprint density at radius 3 is 1.30 bits per heavy atom. The van der Waals surface area contributed by atoms with E-state index in [0.717, 1.165) is 39.0 Å². The smallest absolute Gasteiger partial charge is 0.310 e. The molecule has 0 aliphatic rings. The highest BCUT2D eigenvalue weighted by Gasteiger charge is 2.47. The minimum Gasteiger partial charge on any atom is -0.481 e. The second-order valence-electron chi connectivity index (χ2n) is 10.3. The second kappa shape index (κ2) is 12.0. The molecule has 0 spiro atoms. The van der Waals surface area contributed by atoms with Crippen LogP contribution in [0.2, 0.25) is 0 Å². The number of rotatable bonds is 9. The maximum atomic E-state index is 12.7. The lowest BCUT2D eigenvalue weighted by Gasteiger charge is -2.45. The van der Waals surface area contributed by atoms with Gasteiger partial charge in [0.25, 0.3) is 0 Å². The topological polar surface area (TPSA) is 37.3 Å². The van der Waals surface area contributed by atoms with E-state index < -0.39 is 17.3 Å². The first-order valence-electron chi connectivity index (χ1n) is 13.8. The summed E-state index contributed by atoms with van der Waals surface area (Å²) in [6.45, 7) is 3.94. The Hall–Kier alpha value is -4.69. The molecule has 2 heteroatoms. The van der Waals surface area contributed by atoms with Crippen LogP contribution < -0.4 is 0 Å². The van der Waals surface area contributed by atoms with E-state index in [2.05, 4.69) is 104 Å². The molecule has 0 aromatic heterocycles. The Morgan fingerprint density at radius 1 is 0.575 bits per heavy atom. The van der Waals surface area contributed by atoms with Crippen LogP contribution in [0.5, 0.6) is 0 Å². The molecule has 0 aliphatic carbocycles. The van der Waals surface area contributed by atoms with Gasteiger partial charge in [-0.2, -0.15) is 0 Å². The van der Waals surface area contributed by atoms with Gasteiger partial charge in [-0.3, -0.25) is 4.79 Å². The number of carboxylic acid groups (broad SMARTS) is 1. The monoisotopic (exact) mass is 522 g/mol. The predicted molar refractivity (Wildman–Crippen MR) is 164 cm³/mol. The molecule has 5 aromatic carbocycles. The molecule has 0 heterocycles. The van der Waals surface area contributed by atoms with Crippen molar-refractivity contribution < 1.29 is 9.90 Å². The molecule has 5 aromatic rings. The van der Waals surface area contributed by atoms with Crippen LogP contribution in [-0.4, -0.2) is 11.1 Å². The van der Waals surface area contributed by atoms with Crippen LogP contribution >= 0.6 is 0 Å². The number of aliphatic carboxylic acids is 1. The van der Waals surface area contributed by atoms with E-state index in [1.807, 2.05) is 54.6 Å². The van der Waals surface area contributed by atoms with Gasteiger partial charge in [0.1, 0.15) is 0 Å². The molecule has 0 amide bonds. The van der Waals surface area contributed by atoms with Gasteiger partial charge in [0.2, 0.25) is 0 Å². The van der Waals surface area contributed by atoms with Gasteiger partial charge in [-0.05, 0) is 47.2 Å². The van der Waals surface area contributed by atoms with E-state index in [4.69, 9.17) is 0 Å². The zero-order valence-electron chi connectivity index (χ0n) is 22.9. The van der Waals surface area contributed by atoms with E-state index in [-0.39, 0.29) is 5.92 Å². The van der Waals surface area contributed by atoms with Crippen molar-refractivity contribution in [3.8, 4) is 0 Å². The Labute approximate surface area is 237 Å². The first kappa shape index (κ1) is 26.9. The largest absolute Gasteiger partial charge is 0.481 e. The van der Waals surface area contributed by atoms with E-state index >= 15 is 0 Å². The fourth-order valence-corrected chi connectivity index (χ4v) is 6.28. The van der Waals surface area contributed by atoms with E-state index in [0.29, 0.717) is 0 Å². The highest BCUT2D eigenvalue weighted by atomic mass is 16.4. The van der Waals surface area contributed by atoms with E-state index in [9.17, 15) is 9.90 Å². The van der Waals surface area contributed by atoms with Gasteiger partial charge in [-0.25, -0.2) is 0 Å². The normalized spacial score (nSPS) is 13.0. The molecule has 1 atom stereocenters. The van der Waals surface area contributed by atoms with E-state index in [1.165, 1.54) is 0 Å². The van der Waals surface area contributed by atoms with Gasteiger partial charge in [-0.15, -0.1) is 0 Å². The molecule has 40 heavy (non-hydrogen) atoms. The first-order chi connectivity index (χ1) is 19.5. The zero-order chi connectivity index (χ0) is 28.0. The number of allylic oxidation sites excluding steroid dienone is 1. The fraction of sp³-hybridized carbons (Fsp3) is 0.132. The summed E-state index contributed by atoms with van der Waals surface area (Å²) in [5.74, 6) is -1.70. The lowest BCUT2D eigenvalue weighted by Crippen LogP contribution is -2.38. The molecule has 1 N–H and O–H groups in total. The summed E-state index contributed by atoms with van der Waals surface area (Å²) in [4.78, 5) is 12.7. The predicted octanol–water partition coefficient (Wildman–Crippen LogP) is 9.00. The van der Waals surface area contributed by atoms with Crippen molar-refractivity contribution in [2.24, 2.45) is 5.92 Å². The SMILES string of the molecule is CC(=C(c1ccccc1)C(C)C(=O)O)C(c1ccccc1)(c1ccccc1)C(c1ccccc1)c1ccccc1. The van der Waals surface area contributed by atoms with Gasteiger partial charge in [-0.1, -0.05) is 157 Å². The van der Waals surface area contributed by atoms with Crippen molar-refractivity contribution in [1.82, 2.24) is 0 Å². The van der Waals surface area contributed by atoms with Gasteiger partial charge < -0.3 is 5.11 Å². The third kappa shape index (κ3) is 5.01. The average molecular weight is 523 g/mol. The fourth-order valence-electron chi connectivity index (χ4n) is 6.28. The van der Waals surface area contributed by atoms with Crippen LogP contribution in [0.25, 0.3) is 5.57 Å². The lowest BCUT2D eigenvalue weighted by molar-refractivity contribution is -0.139.